The maximum absolute atomic E-state index is 11.5. The number of carbonyl (C=O) groups is 1. The lowest BCUT2D eigenvalue weighted by atomic mass is 10.1. The Hall–Kier alpha value is -1.87. The number of hydrogen-bond donors (Lipinski definition) is 1. The monoisotopic (exact) mass is 402 g/mol. The third kappa shape index (κ3) is 22.3. The maximum atomic E-state index is 11.5. The fourth-order valence-corrected chi connectivity index (χ4v) is 2.46. The Balaban J connectivity index is 3.47. The summed E-state index contributed by atoms with van der Waals surface area (Å²) in [5.41, 5.74) is 0. The summed E-state index contributed by atoms with van der Waals surface area (Å²) >= 11 is 0. The predicted molar refractivity (Wildman–Crippen MR) is 125 cm³/mol. The molecular formula is C26H42O3. The average molecular weight is 403 g/mol. The molecule has 29 heavy (non-hydrogen) atoms. The Morgan fingerprint density at radius 3 is 1.79 bits per heavy atom. The van der Waals surface area contributed by atoms with Crippen LogP contribution in [-0.4, -0.2) is 23.8 Å². The number of aliphatic hydroxyl groups excluding tert-OH is 1. The number of carbonyl (C=O) groups excluding carboxylic acids is 1. The second-order valence-electron chi connectivity index (χ2n) is 7.05. The van der Waals surface area contributed by atoms with Gasteiger partial charge in [-0.1, -0.05) is 81.0 Å². The van der Waals surface area contributed by atoms with Crippen LogP contribution in [0.2, 0.25) is 0 Å². The molecule has 0 bridgehead atoms. The van der Waals surface area contributed by atoms with Crippen molar-refractivity contribution in [2.45, 2.75) is 90.6 Å². The molecule has 0 fully saturated rings. The van der Waals surface area contributed by atoms with E-state index in [-0.39, 0.29) is 12.6 Å². The van der Waals surface area contributed by atoms with E-state index in [4.69, 9.17) is 4.74 Å². The molecule has 0 aliphatic rings. The lowest BCUT2D eigenvalue weighted by Gasteiger charge is -2.08. The molecule has 0 aromatic heterocycles. The number of esters is 1. The Bertz CT molecular complexity index is 512. The Labute approximate surface area is 178 Å². The maximum Gasteiger partial charge on any atom is 0.305 e. The molecule has 0 aromatic rings. The first-order valence-corrected chi connectivity index (χ1v) is 11.3. The van der Waals surface area contributed by atoms with Crippen LogP contribution < -0.4 is 0 Å². The van der Waals surface area contributed by atoms with Gasteiger partial charge >= 0.3 is 5.97 Å². The van der Waals surface area contributed by atoms with Gasteiger partial charge in [-0.2, -0.15) is 0 Å². The molecule has 0 heterocycles. The second-order valence-corrected chi connectivity index (χ2v) is 7.05. The molecule has 1 unspecified atom stereocenters. The molecule has 0 amide bonds. The van der Waals surface area contributed by atoms with E-state index in [0.29, 0.717) is 12.8 Å². The van der Waals surface area contributed by atoms with Gasteiger partial charge in [-0.3, -0.25) is 4.79 Å². The zero-order chi connectivity index (χ0) is 21.4. The minimum Gasteiger partial charge on any atom is -0.463 e. The first-order chi connectivity index (χ1) is 14.2. The SMILES string of the molecule is CC/C=C\C/C=C\C/C=C\C/C=C\C/C=C\CCCCCC(=O)OCC(O)CC. The van der Waals surface area contributed by atoms with E-state index in [1.165, 1.54) is 0 Å². The van der Waals surface area contributed by atoms with Crippen molar-refractivity contribution >= 4 is 5.97 Å². The van der Waals surface area contributed by atoms with Gasteiger partial charge in [0.1, 0.15) is 6.61 Å². The topological polar surface area (TPSA) is 46.5 Å². The molecule has 0 saturated heterocycles. The molecule has 1 N–H and O–H groups in total. The Morgan fingerprint density at radius 2 is 1.28 bits per heavy atom. The fraction of sp³-hybridized carbons (Fsp3) is 0.577. The van der Waals surface area contributed by atoms with Crippen LogP contribution >= 0.6 is 0 Å². The molecule has 3 heteroatoms. The molecule has 164 valence electrons. The zero-order valence-electron chi connectivity index (χ0n) is 18.6. The number of ether oxygens (including phenoxy) is 1. The van der Waals surface area contributed by atoms with E-state index >= 15 is 0 Å². The molecular weight excluding hydrogens is 360 g/mol. The van der Waals surface area contributed by atoms with Crippen LogP contribution in [0.1, 0.15) is 84.5 Å². The first kappa shape index (κ1) is 27.1. The highest BCUT2D eigenvalue weighted by Crippen LogP contribution is 2.06. The van der Waals surface area contributed by atoms with Crippen LogP contribution in [0.4, 0.5) is 0 Å². The molecule has 0 aliphatic carbocycles. The first-order valence-electron chi connectivity index (χ1n) is 11.3. The molecule has 0 saturated carbocycles. The number of allylic oxidation sites excluding steroid dienone is 10. The number of rotatable bonds is 18. The largest absolute Gasteiger partial charge is 0.463 e. The standard InChI is InChI=1S/C26H42O3/c1-3-5-6-7-8-9-10-11-12-13-14-15-16-17-18-19-20-21-22-23-26(28)29-24-25(27)4-2/h5-6,8-9,11-12,14-15,17-18,25,27H,3-4,7,10,13,16,19-24H2,1-2H3/b6-5-,9-8-,12-11-,15-14-,18-17-. The van der Waals surface area contributed by atoms with Gasteiger partial charge < -0.3 is 9.84 Å². The van der Waals surface area contributed by atoms with Gasteiger partial charge in [0.2, 0.25) is 0 Å². The molecule has 0 aliphatic heterocycles. The highest BCUT2D eigenvalue weighted by molar-refractivity contribution is 5.69. The minimum absolute atomic E-state index is 0.120. The third-order valence-corrected chi connectivity index (χ3v) is 4.32. The van der Waals surface area contributed by atoms with Gasteiger partial charge in [-0.25, -0.2) is 0 Å². The quantitative estimate of drug-likeness (QED) is 0.152. The van der Waals surface area contributed by atoms with Crippen LogP contribution in [0.3, 0.4) is 0 Å². The summed E-state index contributed by atoms with van der Waals surface area (Å²) in [5.74, 6) is -0.202. The van der Waals surface area contributed by atoms with E-state index in [9.17, 15) is 9.90 Å². The Morgan fingerprint density at radius 1 is 0.759 bits per heavy atom. The van der Waals surface area contributed by atoms with Crippen molar-refractivity contribution in [2.24, 2.45) is 0 Å². The van der Waals surface area contributed by atoms with Crippen molar-refractivity contribution in [1.82, 2.24) is 0 Å². The highest BCUT2D eigenvalue weighted by Gasteiger charge is 2.06. The number of unbranched alkanes of at least 4 members (excludes halogenated alkanes) is 3. The van der Waals surface area contributed by atoms with Crippen LogP contribution in [0.25, 0.3) is 0 Å². The number of aliphatic hydroxyl groups is 1. The fourth-order valence-electron chi connectivity index (χ4n) is 2.46. The van der Waals surface area contributed by atoms with Crippen LogP contribution in [0.15, 0.2) is 60.8 Å². The molecule has 0 spiro atoms. The zero-order valence-corrected chi connectivity index (χ0v) is 18.6. The molecule has 0 radical (unpaired) electrons. The summed E-state index contributed by atoms with van der Waals surface area (Å²) in [6, 6.07) is 0. The van der Waals surface area contributed by atoms with Crippen LogP contribution in [-0.2, 0) is 9.53 Å². The van der Waals surface area contributed by atoms with E-state index in [1.807, 2.05) is 6.92 Å². The van der Waals surface area contributed by atoms with E-state index < -0.39 is 6.10 Å². The average Bonchev–Trinajstić information content (AvgIpc) is 2.73. The Kier molecular flexibility index (Phi) is 21.0. The van der Waals surface area contributed by atoms with Crippen molar-refractivity contribution in [2.75, 3.05) is 6.61 Å². The lowest BCUT2D eigenvalue weighted by Crippen LogP contribution is -2.17. The predicted octanol–water partition coefficient (Wildman–Crippen LogP) is 7.00. The van der Waals surface area contributed by atoms with Gasteiger partial charge in [0.15, 0.2) is 0 Å². The van der Waals surface area contributed by atoms with Gasteiger partial charge in [0.05, 0.1) is 6.10 Å². The summed E-state index contributed by atoms with van der Waals surface area (Å²) in [6.07, 6.45) is 31.7. The van der Waals surface area contributed by atoms with Crippen molar-refractivity contribution < 1.29 is 14.6 Å². The molecule has 0 aromatic carbocycles. The molecule has 3 nitrogen and oxygen atoms in total. The van der Waals surface area contributed by atoms with Crippen LogP contribution in [0.5, 0.6) is 0 Å². The van der Waals surface area contributed by atoms with Gasteiger partial charge in [0, 0.05) is 6.42 Å². The van der Waals surface area contributed by atoms with E-state index in [1.54, 1.807) is 0 Å². The third-order valence-electron chi connectivity index (χ3n) is 4.32. The van der Waals surface area contributed by atoms with Crippen molar-refractivity contribution in [3.8, 4) is 0 Å². The summed E-state index contributed by atoms with van der Waals surface area (Å²) < 4.78 is 5.01. The van der Waals surface area contributed by atoms with Gasteiger partial charge in [-0.05, 0) is 57.8 Å². The summed E-state index contributed by atoms with van der Waals surface area (Å²) in [6.45, 7) is 4.14. The molecule has 0 rings (SSSR count). The minimum atomic E-state index is -0.533. The smallest absolute Gasteiger partial charge is 0.305 e. The highest BCUT2D eigenvalue weighted by atomic mass is 16.5. The summed E-state index contributed by atoms with van der Waals surface area (Å²) in [4.78, 5) is 11.5. The van der Waals surface area contributed by atoms with Crippen molar-refractivity contribution in [1.29, 1.82) is 0 Å². The molecule has 1 atom stereocenters. The van der Waals surface area contributed by atoms with Crippen LogP contribution in [0, 0.1) is 0 Å². The summed E-state index contributed by atoms with van der Waals surface area (Å²) in [7, 11) is 0. The second kappa shape index (κ2) is 22.4. The van der Waals surface area contributed by atoms with Gasteiger partial charge in [0.25, 0.3) is 0 Å². The number of hydrogen-bond acceptors (Lipinski definition) is 3. The lowest BCUT2D eigenvalue weighted by molar-refractivity contribution is -0.146. The normalized spacial score (nSPS) is 13.6. The van der Waals surface area contributed by atoms with Crippen molar-refractivity contribution in [3.05, 3.63) is 60.8 Å². The van der Waals surface area contributed by atoms with E-state index in [0.717, 1.165) is 57.8 Å². The summed E-state index contributed by atoms with van der Waals surface area (Å²) in [5, 5.41) is 9.34. The van der Waals surface area contributed by atoms with Crippen molar-refractivity contribution in [3.63, 3.8) is 0 Å². The van der Waals surface area contributed by atoms with Gasteiger partial charge in [-0.15, -0.1) is 0 Å². The van der Waals surface area contributed by atoms with E-state index in [2.05, 4.69) is 67.7 Å².